The van der Waals surface area contributed by atoms with Crippen molar-refractivity contribution >= 4 is 11.6 Å². The number of anilines is 1. The second-order valence-electron chi connectivity index (χ2n) is 5.35. The molecule has 1 heterocycles. The molecule has 0 bridgehead atoms. The highest BCUT2D eigenvalue weighted by Gasteiger charge is 2.19. The van der Waals surface area contributed by atoms with Gasteiger partial charge in [-0.2, -0.15) is 0 Å². The van der Waals surface area contributed by atoms with Crippen LogP contribution in [-0.4, -0.2) is 32.6 Å². The first kappa shape index (κ1) is 13.9. The predicted octanol–water partition coefficient (Wildman–Crippen LogP) is 1.53. The fraction of sp³-hybridized carbons (Fsp3) is 0.533. The molecular formula is C15H23N3O. The zero-order valence-corrected chi connectivity index (χ0v) is 11.8. The zero-order valence-electron chi connectivity index (χ0n) is 11.8. The summed E-state index contributed by atoms with van der Waals surface area (Å²) < 4.78 is 0. The Morgan fingerprint density at radius 3 is 2.63 bits per heavy atom. The summed E-state index contributed by atoms with van der Waals surface area (Å²) in [7, 11) is 2.01. The highest BCUT2D eigenvalue weighted by Crippen LogP contribution is 2.24. The number of aryl methyl sites for hydroxylation is 1. The molecule has 0 atom stereocenters. The number of piperidine rings is 1. The Hall–Kier alpha value is -1.55. The van der Waals surface area contributed by atoms with E-state index in [4.69, 9.17) is 5.73 Å². The van der Waals surface area contributed by atoms with E-state index >= 15 is 0 Å². The van der Waals surface area contributed by atoms with Crippen LogP contribution in [0.5, 0.6) is 0 Å². The van der Waals surface area contributed by atoms with Crippen molar-refractivity contribution in [2.75, 3.05) is 31.6 Å². The Balaban J connectivity index is 2.04. The molecule has 1 fully saturated rings. The van der Waals surface area contributed by atoms with E-state index in [-0.39, 0.29) is 5.91 Å². The molecule has 0 spiro atoms. The molecule has 0 aliphatic carbocycles. The van der Waals surface area contributed by atoms with Crippen LogP contribution < -0.4 is 16.0 Å². The summed E-state index contributed by atoms with van der Waals surface area (Å²) >= 11 is 0. The average molecular weight is 261 g/mol. The van der Waals surface area contributed by atoms with Crippen molar-refractivity contribution in [1.82, 2.24) is 5.32 Å². The highest BCUT2D eigenvalue weighted by atomic mass is 16.1. The van der Waals surface area contributed by atoms with Crippen LogP contribution in [0.1, 0.15) is 28.8 Å². The lowest BCUT2D eigenvalue weighted by molar-refractivity contribution is 0.1000. The molecule has 0 aromatic heterocycles. The molecule has 0 unspecified atom stereocenters. The summed E-state index contributed by atoms with van der Waals surface area (Å²) in [5, 5.41) is 3.25. The first-order valence-electron chi connectivity index (χ1n) is 6.92. The lowest BCUT2D eigenvalue weighted by Crippen LogP contribution is -2.36. The van der Waals surface area contributed by atoms with Crippen molar-refractivity contribution in [3.05, 3.63) is 29.3 Å². The number of amides is 1. The molecule has 1 aromatic rings. The molecule has 19 heavy (non-hydrogen) atoms. The largest absolute Gasteiger partial charge is 0.372 e. The SMILES string of the molecule is CNCC1CCN(c2ccc(C(N)=O)c(C)c2)CC1. The van der Waals surface area contributed by atoms with Gasteiger partial charge in [-0.3, -0.25) is 4.79 Å². The Bertz CT molecular complexity index is 451. The molecule has 104 valence electrons. The van der Waals surface area contributed by atoms with Crippen molar-refractivity contribution < 1.29 is 4.79 Å². The van der Waals surface area contributed by atoms with Crippen LogP contribution in [0, 0.1) is 12.8 Å². The molecule has 1 amide bonds. The third-order valence-corrected chi connectivity index (χ3v) is 3.95. The Morgan fingerprint density at radius 1 is 1.42 bits per heavy atom. The van der Waals surface area contributed by atoms with Crippen LogP contribution in [0.2, 0.25) is 0 Å². The first-order valence-corrected chi connectivity index (χ1v) is 6.92. The second-order valence-corrected chi connectivity index (χ2v) is 5.35. The fourth-order valence-electron chi connectivity index (χ4n) is 2.80. The zero-order chi connectivity index (χ0) is 13.8. The molecule has 3 N–H and O–H groups in total. The summed E-state index contributed by atoms with van der Waals surface area (Å²) in [5.74, 6) is 0.434. The van der Waals surface area contributed by atoms with Gasteiger partial charge in [0.1, 0.15) is 0 Å². The molecular weight excluding hydrogens is 238 g/mol. The van der Waals surface area contributed by atoms with Gasteiger partial charge in [-0.05, 0) is 63.0 Å². The van der Waals surface area contributed by atoms with Crippen LogP contribution in [0.15, 0.2) is 18.2 Å². The van der Waals surface area contributed by atoms with Crippen LogP contribution >= 0.6 is 0 Å². The third-order valence-electron chi connectivity index (χ3n) is 3.95. The van der Waals surface area contributed by atoms with E-state index in [0.717, 1.165) is 31.1 Å². The number of carbonyl (C=O) groups excluding carboxylic acids is 1. The number of nitrogens with one attached hydrogen (secondary N) is 1. The van der Waals surface area contributed by atoms with Gasteiger partial charge in [-0.15, -0.1) is 0 Å². The number of nitrogens with zero attached hydrogens (tertiary/aromatic N) is 1. The summed E-state index contributed by atoms with van der Waals surface area (Å²) in [4.78, 5) is 13.6. The minimum absolute atomic E-state index is 0.350. The van der Waals surface area contributed by atoms with Crippen molar-refractivity contribution in [3.63, 3.8) is 0 Å². The molecule has 0 saturated carbocycles. The smallest absolute Gasteiger partial charge is 0.248 e. The molecule has 1 aliphatic rings. The highest BCUT2D eigenvalue weighted by molar-refractivity contribution is 5.94. The minimum Gasteiger partial charge on any atom is -0.372 e. The van der Waals surface area contributed by atoms with Gasteiger partial charge in [-0.1, -0.05) is 0 Å². The lowest BCUT2D eigenvalue weighted by Gasteiger charge is -2.33. The van der Waals surface area contributed by atoms with E-state index in [1.165, 1.54) is 18.5 Å². The summed E-state index contributed by atoms with van der Waals surface area (Å²) in [5.41, 5.74) is 8.11. The van der Waals surface area contributed by atoms with Crippen molar-refractivity contribution in [2.24, 2.45) is 11.7 Å². The normalized spacial score (nSPS) is 16.6. The van der Waals surface area contributed by atoms with Crippen LogP contribution in [0.4, 0.5) is 5.69 Å². The van der Waals surface area contributed by atoms with Crippen molar-refractivity contribution in [3.8, 4) is 0 Å². The molecule has 4 nitrogen and oxygen atoms in total. The number of hydrogen-bond donors (Lipinski definition) is 2. The lowest BCUT2D eigenvalue weighted by atomic mass is 9.96. The van der Waals surface area contributed by atoms with Crippen LogP contribution in [0.3, 0.4) is 0 Å². The van der Waals surface area contributed by atoms with Gasteiger partial charge < -0.3 is 16.0 Å². The first-order chi connectivity index (χ1) is 9.11. The van der Waals surface area contributed by atoms with Crippen LogP contribution in [-0.2, 0) is 0 Å². The van der Waals surface area contributed by atoms with E-state index in [1.54, 1.807) is 0 Å². The van der Waals surface area contributed by atoms with E-state index < -0.39 is 0 Å². The quantitative estimate of drug-likeness (QED) is 0.864. The van der Waals surface area contributed by atoms with Gasteiger partial charge in [-0.25, -0.2) is 0 Å². The molecule has 2 rings (SSSR count). The van der Waals surface area contributed by atoms with Crippen molar-refractivity contribution in [1.29, 1.82) is 0 Å². The summed E-state index contributed by atoms with van der Waals surface area (Å²) in [6, 6.07) is 5.91. The molecule has 4 heteroatoms. The van der Waals surface area contributed by atoms with Gasteiger partial charge in [0.15, 0.2) is 0 Å². The second kappa shape index (κ2) is 6.06. The van der Waals surface area contributed by atoms with E-state index in [9.17, 15) is 4.79 Å². The topological polar surface area (TPSA) is 58.4 Å². The number of nitrogens with two attached hydrogens (primary N) is 1. The molecule has 1 aliphatic heterocycles. The number of primary amides is 1. The Labute approximate surface area is 115 Å². The number of carbonyl (C=O) groups is 1. The minimum atomic E-state index is -0.350. The van der Waals surface area contributed by atoms with E-state index in [0.29, 0.717) is 5.56 Å². The van der Waals surface area contributed by atoms with Crippen LogP contribution in [0.25, 0.3) is 0 Å². The van der Waals surface area contributed by atoms with Gasteiger partial charge in [0.25, 0.3) is 0 Å². The third kappa shape index (κ3) is 3.26. The summed E-state index contributed by atoms with van der Waals surface area (Å²) in [6.45, 7) is 5.22. The molecule has 1 saturated heterocycles. The van der Waals surface area contributed by atoms with Gasteiger partial charge in [0.2, 0.25) is 5.91 Å². The predicted molar refractivity (Wildman–Crippen MR) is 78.6 cm³/mol. The fourth-order valence-corrected chi connectivity index (χ4v) is 2.80. The Morgan fingerprint density at radius 2 is 2.11 bits per heavy atom. The number of benzene rings is 1. The molecule has 0 radical (unpaired) electrons. The standard InChI is InChI=1S/C15H23N3O/c1-11-9-13(3-4-14(11)15(16)19)18-7-5-12(6-8-18)10-17-2/h3-4,9,12,17H,5-8,10H2,1-2H3,(H2,16,19). The van der Waals surface area contributed by atoms with Gasteiger partial charge in [0, 0.05) is 24.3 Å². The van der Waals surface area contributed by atoms with E-state index in [1.807, 2.05) is 26.1 Å². The maximum atomic E-state index is 11.2. The average Bonchev–Trinajstić information content (AvgIpc) is 2.39. The summed E-state index contributed by atoms with van der Waals surface area (Å²) in [6.07, 6.45) is 2.44. The maximum Gasteiger partial charge on any atom is 0.248 e. The van der Waals surface area contributed by atoms with Gasteiger partial charge in [0.05, 0.1) is 0 Å². The number of hydrogen-bond acceptors (Lipinski definition) is 3. The monoisotopic (exact) mass is 261 g/mol. The number of rotatable bonds is 4. The van der Waals surface area contributed by atoms with E-state index in [2.05, 4.69) is 16.3 Å². The molecule has 1 aromatic carbocycles. The van der Waals surface area contributed by atoms with Crippen molar-refractivity contribution in [2.45, 2.75) is 19.8 Å². The Kier molecular flexibility index (Phi) is 4.43. The van der Waals surface area contributed by atoms with Gasteiger partial charge >= 0.3 is 0 Å². The maximum absolute atomic E-state index is 11.2.